The SMILES string of the molecule is C=C/C(=C\C)c1ccnc(-c2[c-]c(-c3cccc4c3nc(-c3cc(F)ccc3O)n4-c3cc(C(C)(C)C)cc(C(C)(C)C)c3)cc(C(C)(C)C)c2)c1.[Pt]. The van der Waals surface area contributed by atoms with Crippen molar-refractivity contribution >= 4 is 16.6 Å². The number of phenols is 1. The minimum atomic E-state index is -0.450. The van der Waals surface area contributed by atoms with Gasteiger partial charge in [0.15, 0.2) is 0 Å². The van der Waals surface area contributed by atoms with Crippen molar-refractivity contribution in [3.05, 3.63) is 138 Å². The molecule has 0 unspecified atom stereocenters. The number of para-hydroxylation sites is 1. The molecule has 0 aliphatic carbocycles. The summed E-state index contributed by atoms with van der Waals surface area (Å²) in [6.45, 7) is 25.8. The van der Waals surface area contributed by atoms with Gasteiger partial charge in [0.25, 0.3) is 0 Å². The summed E-state index contributed by atoms with van der Waals surface area (Å²) < 4.78 is 17.0. The number of benzene rings is 4. The molecule has 4 nitrogen and oxygen atoms in total. The fourth-order valence-corrected chi connectivity index (χ4v) is 6.50. The van der Waals surface area contributed by atoms with Crippen molar-refractivity contribution in [1.29, 1.82) is 0 Å². The van der Waals surface area contributed by atoms with Gasteiger partial charge in [-0.25, -0.2) is 9.37 Å². The van der Waals surface area contributed by atoms with Crippen LogP contribution < -0.4 is 0 Å². The normalized spacial score (nSPS) is 12.5. The number of aromatic nitrogens is 3. The maximum absolute atomic E-state index is 14.9. The van der Waals surface area contributed by atoms with E-state index < -0.39 is 5.82 Å². The molecule has 276 valence electrons. The standard InChI is InChI=1S/C47H49FN3O.Pt/c1-12-29(13-2)30-19-20-49-40(24-30)32-21-31(22-33(23-32)45(3,4)5)38-15-14-16-41-43(38)50-44(39-28-36(48)17-18-42(39)52)51(41)37-26-34(46(6,7)8)25-35(27-37)47(9,10)11;/h12-20,22-28,52H,1H2,2-11H3;/q-1;/b29-13+;. The number of allylic oxidation sites excluding steroid dienone is 3. The average Bonchev–Trinajstić information content (AvgIpc) is 3.48. The van der Waals surface area contributed by atoms with Crippen LogP contribution in [0.2, 0.25) is 0 Å². The summed E-state index contributed by atoms with van der Waals surface area (Å²) in [5.41, 5.74) is 11.3. The molecule has 2 aromatic heterocycles. The van der Waals surface area contributed by atoms with E-state index in [4.69, 9.17) is 9.97 Å². The van der Waals surface area contributed by atoms with Crippen molar-refractivity contribution in [3.63, 3.8) is 0 Å². The van der Waals surface area contributed by atoms with Gasteiger partial charge in [-0.3, -0.25) is 9.55 Å². The molecular weight excluding hydrogens is 837 g/mol. The minimum absolute atomic E-state index is 0. The van der Waals surface area contributed by atoms with E-state index in [1.807, 2.05) is 43.5 Å². The summed E-state index contributed by atoms with van der Waals surface area (Å²) in [4.78, 5) is 10.0. The van der Waals surface area contributed by atoms with E-state index in [1.54, 1.807) is 0 Å². The molecule has 6 heteroatoms. The van der Waals surface area contributed by atoms with E-state index in [1.165, 1.54) is 29.3 Å². The third-order valence-electron chi connectivity index (χ3n) is 9.72. The summed E-state index contributed by atoms with van der Waals surface area (Å²) in [6, 6.07) is 28.9. The topological polar surface area (TPSA) is 50.9 Å². The Bertz CT molecular complexity index is 2330. The zero-order valence-corrected chi connectivity index (χ0v) is 34.7. The molecule has 0 bridgehead atoms. The number of hydrogen-bond donors (Lipinski definition) is 1. The number of rotatable bonds is 6. The molecule has 0 saturated carbocycles. The Balaban J connectivity index is 0.00000541. The van der Waals surface area contributed by atoms with E-state index in [2.05, 4.69) is 122 Å². The molecule has 1 N–H and O–H groups in total. The summed E-state index contributed by atoms with van der Waals surface area (Å²) in [6.07, 6.45) is 5.72. The summed E-state index contributed by atoms with van der Waals surface area (Å²) in [7, 11) is 0. The van der Waals surface area contributed by atoms with Crippen molar-refractivity contribution in [1.82, 2.24) is 14.5 Å². The van der Waals surface area contributed by atoms with Crippen LogP contribution in [-0.2, 0) is 37.3 Å². The Kier molecular flexibility index (Phi) is 11.0. The molecule has 0 amide bonds. The predicted octanol–water partition coefficient (Wildman–Crippen LogP) is 12.5. The molecular formula is C47H49FN3OPt-. The minimum Gasteiger partial charge on any atom is -0.507 e. The quantitative estimate of drug-likeness (QED) is 0.134. The van der Waals surface area contributed by atoms with Gasteiger partial charge in [-0.2, -0.15) is 0 Å². The third kappa shape index (κ3) is 8.02. The van der Waals surface area contributed by atoms with Crippen LogP contribution in [0, 0.1) is 11.9 Å². The van der Waals surface area contributed by atoms with Crippen LogP contribution in [0.5, 0.6) is 5.75 Å². The van der Waals surface area contributed by atoms with Gasteiger partial charge >= 0.3 is 0 Å². The van der Waals surface area contributed by atoms with Gasteiger partial charge in [-0.1, -0.05) is 116 Å². The number of phenolic OH excluding ortho intramolecular Hbond substituents is 1. The van der Waals surface area contributed by atoms with Crippen molar-refractivity contribution in [2.45, 2.75) is 85.5 Å². The van der Waals surface area contributed by atoms with Crippen LogP contribution in [0.25, 0.3) is 56.1 Å². The predicted molar refractivity (Wildman–Crippen MR) is 216 cm³/mol. The Hall–Kier alpha value is -4.60. The van der Waals surface area contributed by atoms with Crippen molar-refractivity contribution in [3.8, 4) is 45.2 Å². The Morgan fingerprint density at radius 1 is 0.774 bits per heavy atom. The zero-order chi connectivity index (χ0) is 37.7. The van der Waals surface area contributed by atoms with E-state index >= 15 is 0 Å². The number of fused-ring (bicyclic) bond motifs is 1. The number of imidazole rings is 1. The maximum atomic E-state index is 14.9. The number of nitrogens with zero attached hydrogens (tertiary/aromatic N) is 3. The molecule has 0 radical (unpaired) electrons. The molecule has 2 heterocycles. The molecule has 6 aromatic rings. The van der Waals surface area contributed by atoms with Crippen LogP contribution in [0.15, 0.2) is 104 Å². The molecule has 0 aliphatic heterocycles. The maximum Gasteiger partial charge on any atom is 0.148 e. The van der Waals surface area contributed by atoms with E-state index in [0.29, 0.717) is 11.4 Å². The summed E-state index contributed by atoms with van der Waals surface area (Å²) in [5.74, 6) is -0.0408. The average molecular weight is 886 g/mol. The number of hydrogen-bond acceptors (Lipinski definition) is 3. The largest absolute Gasteiger partial charge is 0.507 e. The first-order chi connectivity index (χ1) is 24.4. The van der Waals surface area contributed by atoms with Crippen molar-refractivity contribution < 1.29 is 30.6 Å². The first-order valence-corrected chi connectivity index (χ1v) is 17.9. The third-order valence-corrected chi connectivity index (χ3v) is 9.72. The Labute approximate surface area is 328 Å². The van der Waals surface area contributed by atoms with Crippen LogP contribution in [-0.4, -0.2) is 19.6 Å². The van der Waals surface area contributed by atoms with E-state index in [9.17, 15) is 9.50 Å². The van der Waals surface area contributed by atoms with Gasteiger partial charge in [-0.15, -0.1) is 29.3 Å². The van der Waals surface area contributed by atoms with Crippen LogP contribution in [0.1, 0.15) is 91.5 Å². The number of aromatic hydroxyl groups is 1. The van der Waals surface area contributed by atoms with Gasteiger partial charge < -0.3 is 5.11 Å². The van der Waals surface area contributed by atoms with Gasteiger partial charge in [-0.05, 0) is 87.9 Å². The molecule has 6 rings (SSSR count). The monoisotopic (exact) mass is 885 g/mol. The van der Waals surface area contributed by atoms with Crippen molar-refractivity contribution in [2.75, 3.05) is 0 Å². The first kappa shape index (κ1) is 39.6. The van der Waals surface area contributed by atoms with E-state index in [-0.39, 0.29) is 43.1 Å². The van der Waals surface area contributed by atoms with Crippen LogP contribution >= 0.6 is 0 Å². The van der Waals surface area contributed by atoms with Crippen molar-refractivity contribution in [2.24, 2.45) is 0 Å². The molecule has 4 aromatic carbocycles. The Morgan fingerprint density at radius 2 is 1.40 bits per heavy atom. The van der Waals surface area contributed by atoms with Gasteiger partial charge in [0, 0.05) is 38.6 Å². The fraction of sp³-hybridized carbons (Fsp3) is 0.277. The smallest absolute Gasteiger partial charge is 0.148 e. The molecule has 0 spiro atoms. The molecule has 0 saturated heterocycles. The summed E-state index contributed by atoms with van der Waals surface area (Å²) in [5, 5.41) is 11.2. The Morgan fingerprint density at radius 3 is 2.00 bits per heavy atom. The fourth-order valence-electron chi connectivity index (χ4n) is 6.50. The second kappa shape index (κ2) is 14.7. The van der Waals surface area contributed by atoms with Crippen LogP contribution in [0.3, 0.4) is 0 Å². The summed E-state index contributed by atoms with van der Waals surface area (Å²) >= 11 is 0. The second-order valence-corrected chi connectivity index (χ2v) is 16.7. The first-order valence-electron chi connectivity index (χ1n) is 17.9. The second-order valence-electron chi connectivity index (χ2n) is 16.7. The number of pyridine rings is 1. The van der Waals surface area contributed by atoms with Crippen LogP contribution in [0.4, 0.5) is 4.39 Å². The van der Waals surface area contributed by atoms with Gasteiger partial charge in [0.2, 0.25) is 0 Å². The zero-order valence-electron chi connectivity index (χ0n) is 32.4. The molecule has 0 atom stereocenters. The van der Waals surface area contributed by atoms with Gasteiger partial charge in [0.1, 0.15) is 17.4 Å². The van der Waals surface area contributed by atoms with Gasteiger partial charge in [0.05, 0.1) is 16.6 Å². The number of halogens is 1. The van der Waals surface area contributed by atoms with E-state index in [0.717, 1.165) is 55.8 Å². The molecule has 0 aliphatic rings. The molecule has 53 heavy (non-hydrogen) atoms. The molecule has 0 fully saturated rings.